The van der Waals surface area contributed by atoms with Crippen LogP contribution in [0.2, 0.25) is 0 Å². The topological polar surface area (TPSA) is 81.4 Å². The van der Waals surface area contributed by atoms with Gasteiger partial charge in [0.1, 0.15) is 10.8 Å². The van der Waals surface area contributed by atoms with E-state index in [2.05, 4.69) is 21.2 Å². The first-order valence-electron chi connectivity index (χ1n) is 8.50. The van der Waals surface area contributed by atoms with Gasteiger partial charge in [-0.2, -0.15) is 0 Å². The highest BCUT2D eigenvalue weighted by molar-refractivity contribution is 9.10. The normalized spacial score (nSPS) is 13.2. The van der Waals surface area contributed by atoms with Crippen molar-refractivity contribution in [1.29, 1.82) is 0 Å². The lowest BCUT2D eigenvalue weighted by molar-refractivity contribution is -0.118. The third-order valence-corrected chi connectivity index (χ3v) is 6.11. The molecule has 0 atom stereocenters. The number of carbonyl (C=O) groups is 2. The molecule has 26 heavy (non-hydrogen) atoms. The number of anilines is 1. The molecule has 1 aromatic carbocycles. The van der Waals surface area contributed by atoms with Gasteiger partial charge < -0.3 is 15.8 Å². The number of fused-ring (bicyclic) bond motifs is 1. The summed E-state index contributed by atoms with van der Waals surface area (Å²) >= 11 is 4.90. The molecule has 0 radical (unpaired) electrons. The zero-order valence-corrected chi connectivity index (χ0v) is 17.2. The van der Waals surface area contributed by atoms with Crippen LogP contribution in [0.5, 0.6) is 5.75 Å². The minimum Gasteiger partial charge on any atom is -0.483 e. The van der Waals surface area contributed by atoms with Gasteiger partial charge in [-0.05, 0) is 68.4 Å². The molecule has 1 aromatic heterocycles. The van der Waals surface area contributed by atoms with Gasteiger partial charge in [0.25, 0.3) is 11.8 Å². The van der Waals surface area contributed by atoms with Crippen molar-refractivity contribution in [3.05, 3.63) is 43.7 Å². The minimum absolute atomic E-state index is 0.121. The third-order valence-electron chi connectivity index (χ3n) is 4.44. The largest absolute Gasteiger partial charge is 0.483 e. The summed E-state index contributed by atoms with van der Waals surface area (Å²) in [7, 11) is 0. The van der Waals surface area contributed by atoms with E-state index in [0.29, 0.717) is 16.3 Å². The van der Waals surface area contributed by atoms with Gasteiger partial charge in [-0.25, -0.2) is 0 Å². The number of aryl methyl sites for hydroxylation is 3. The van der Waals surface area contributed by atoms with E-state index in [1.165, 1.54) is 11.3 Å². The maximum atomic E-state index is 12.4. The first-order valence-corrected chi connectivity index (χ1v) is 10.1. The molecular formula is C19H21BrN2O3S. The number of ether oxygens (including phenoxy) is 1. The van der Waals surface area contributed by atoms with Crippen LogP contribution >= 0.6 is 27.3 Å². The molecule has 0 fully saturated rings. The molecule has 5 nitrogen and oxygen atoms in total. The Kier molecular flexibility index (Phi) is 5.67. The van der Waals surface area contributed by atoms with Crippen LogP contribution in [0.1, 0.15) is 44.8 Å². The molecule has 0 saturated heterocycles. The van der Waals surface area contributed by atoms with Gasteiger partial charge in [-0.1, -0.05) is 15.9 Å². The summed E-state index contributed by atoms with van der Waals surface area (Å²) in [5.41, 5.74) is 8.94. The predicted molar refractivity (Wildman–Crippen MR) is 107 cm³/mol. The maximum absolute atomic E-state index is 12.4. The molecule has 3 N–H and O–H groups in total. The van der Waals surface area contributed by atoms with E-state index < -0.39 is 5.91 Å². The standard InChI is InChI=1S/C19H21BrN2O3S/c1-10-7-12(20)8-11(2)17(10)25-9-15(23)22-19-16(18(21)24)13-5-3-4-6-14(13)26-19/h7-8H,3-6,9H2,1-2H3,(H2,21,24)(H,22,23). The number of thiophene rings is 1. The van der Waals surface area contributed by atoms with Crippen LogP contribution < -0.4 is 15.8 Å². The van der Waals surface area contributed by atoms with Gasteiger partial charge in [0.05, 0.1) is 5.56 Å². The lowest BCUT2D eigenvalue weighted by atomic mass is 9.95. The minimum atomic E-state index is -0.486. The molecule has 2 aromatic rings. The van der Waals surface area contributed by atoms with Crippen molar-refractivity contribution in [3.8, 4) is 5.75 Å². The molecule has 0 spiro atoms. The molecule has 0 aliphatic heterocycles. The average Bonchev–Trinajstić information content (AvgIpc) is 2.91. The van der Waals surface area contributed by atoms with Crippen molar-refractivity contribution in [2.24, 2.45) is 5.73 Å². The van der Waals surface area contributed by atoms with Gasteiger partial charge in [-0.15, -0.1) is 11.3 Å². The summed E-state index contributed by atoms with van der Waals surface area (Å²) in [5.74, 6) is -0.0861. The smallest absolute Gasteiger partial charge is 0.262 e. The number of carbonyl (C=O) groups excluding carboxylic acids is 2. The predicted octanol–water partition coefficient (Wildman–Crippen LogP) is 4.12. The average molecular weight is 437 g/mol. The summed E-state index contributed by atoms with van der Waals surface area (Å²) in [5, 5.41) is 3.36. The van der Waals surface area contributed by atoms with Gasteiger partial charge in [0.15, 0.2) is 6.61 Å². The molecule has 1 aliphatic carbocycles. The van der Waals surface area contributed by atoms with Crippen molar-refractivity contribution in [2.75, 3.05) is 11.9 Å². The number of hydrogen-bond acceptors (Lipinski definition) is 4. The molecule has 1 aliphatic rings. The molecule has 3 rings (SSSR count). The van der Waals surface area contributed by atoms with E-state index in [0.717, 1.165) is 51.7 Å². The Labute approximate surface area is 165 Å². The fourth-order valence-electron chi connectivity index (χ4n) is 3.34. The zero-order chi connectivity index (χ0) is 18.8. The van der Waals surface area contributed by atoms with Crippen LogP contribution in [-0.2, 0) is 17.6 Å². The fraction of sp³-hybridized carbons (Fsp3) is 0.368. The number of nitrogens with two attached hydrogens (primary N) is 1. The molecule has 138 valence electrons. The van der Waals surface area contributed by atoms with Crippen molar-refractivity contribution in [2.45, 2.75) is 39.5 Å². The Balaban J connectivity index is 1.73. The molecule has 1 heterocycles. The van der Waals surface area contributed by atoms with E-state index in [9.17, 15) is 9.59 Å². The quantitative estimate of drug-likeness (QED) is 0.739. The molecule has 7 heteroatoms. The van der Waals surface area contributed by atoms with E-state index in [1.807, 2.05) is 26.0 Å². The maximum Gasteiger partial charge on any atom is 0.262 e. The highest BCUT2D eigenvalue weighted by Gasteiger charge is 2.25. The summed E-state index contributed by atoms with van der Waals surface area (Å²) in [6, 6.07) is 3.89. The Morgan fingerprint density at radius 3 is 2.54 bits per heavy atom. The SMILES string of the molecule is Cc1cc(Br)cc(C)c1OCC(=O)Nc1sc2c(c1C(N)=O)CCCC2. The number of amides is 2. The second-order valence-corrected chi connectivity index (χ2v) is 8.51. The van der Waals surface area contributed by atoms with Crippen molar-refractivity contribution < 1.29 is 14.3 Å². The van der Waals surface area contributed by atoms with Gasteiger partial charge in [0, 0.05) is 9.35 Å². The van der Waals surface area contributed by atoms with E-state index in [-0.39, 0.29) is 12.5 Å². The Bertz CT molecular complexity index is 853. The summed E-state index contributed by atoms with van der Waals surface area (Å²) in [6.07, 6.45) is 3.92. The van der Waals surface area contributed by atoms with Crippen LogP contribution in [0.15, 0.2) is 16.6 Å². The first-order chi connectivity index (χ1) is 12.4. The van der Waals surface area contributed by atoms with Crippen molar-refractivity contribution in [1.82, 2.24) is 0 Å². The monoisotopic (exact) mass is 436 g/mol. The lowest BCUT2D eigenvalue weighted by Crippen LogP contribution is -2.23. The van der Waals surface area contributed by atoms with E-state index in [4.69, 9.17) is 10.5 Å². The van der Waals surface area contributed by atoms with E-state index >= 15 is 0 Å². The molecule has 2 amide bonds. The number of hydrogen-bond donors (Lipinski definition) is 2. The summed E-state index contributed by atoms with van der Waals surface area (Å²) in [6.45, 7) is 3.75. The van der Waals surface area contributed by atoms with Gasteiger partial charge in [-0.3, -0.25) is 9.59 Å². The van der Waals surface area contributed by atoms with Gasteiger partial charge in [0.2, 0.25) is 0 Å². The van der Waals surface area contributed by atoms with Gasteiger partial charge >= 0.3 is 0 Å². The Morgan fingerprint density at radius 1 is 1.23 bits per heavy atom. The van der Waals surface area contributed by atoms with Crippen molar-refractivity contribution >= 4 is 44.1 Å². The number of nitrogens with one attached hydrogen (secondary N) is 1. The molecule has 0 unspecified atom stereocenters. The van der Waals surface area contributed by atoms with Crippen LogP contribution in [-0.4, -0.2) is 18.4 Å². The van der Waals surface area contributed by atoms with Crippen LogP contribution in [0, 0.1) is 13.8 Å². The van der Waals surface area contributed by atoms with Crippen LogP contribution in [0.25, 0.3) is 0 Å². The zero-order valence-electron chi connectivity index (χ0n) is 14.8. The number of rotatable bonds is 5. The lowest BCUT2D eigenvalue weighted by Gasteiger charge is -2.13. The Morgan fingerprint density at radius 2 is 1.88 bits per heavy atom. The second kappa shape index (κ2) is 7.80. The molecule has 0 bridgehead atoms. The van der Waals surface area contributed by atoms with Crippen LogP contribution in [0.3, 0.4) is 0 Å². The summed E-state index contributed by atoms with van der Waals surface area (Å²) in [4.78, 5) is 25.4. The molecular weight excluding hydrogens is 416 g/mol. The summed E-state index contributed by atoms with van der Waals surface area (Å²) < 4.78 is 6.69. The second-order valence-electron chi connectivity index (χ2n) is 6.48. The highest BCUT2D eigenvalue weighted by Crippen LogP contribution is 2.38. The first kappa shape index (κ1) is 18.9. The molecule has 0 saturated carbocycles. The fourth-order valence-corrected chi connectivity index (χ4v) is 5.34. The third kappa shape index (κ3) is 3.94. The number of primary amides is 1. The number of halogens is 1. The number of benzene rings is 1. The highest BCUT2D eigenvalue weighted by atomic mass is 79.9. The van der Waals surface area contributed by atoms with Crippen molar-refractivity contribution in [3.63, 3.8) is 0 Å². The van der Waals surface area contributed by atoms with Crippen LogP contribution in [0.4, 0.5) is 5.00 Å². The van der Waals surface area contributed by atoms with E-state index in [1.54, 1.807) is 0 Å². The Hall–Kier alpha value is -1.86.